The monoisotopic (exact) mass is 514 g/mol. The lowest BCUT2D eigenvalue weighted by Crippen LogP contribution is -2.19. The number of carbonyl (C=O) groups excluding carboxylic acids is 1. The smallest absolute Gasteiger partial charge is 0.267 e. The molecule has 0 atom stereocenters. The Morgan fingerprint density at radius 3 is 2.21 bits per heavy atom. The molecule has 9 nitrogen and oxygen atoms in total. The molecule has 2 N–H and O–H groups in total. The summed E-state index contributed by atoms with van der Waals surface area (Å²) in [6, 6.07) is 32.4. The molecule has 0 spiro atoms. The van der Waals surface area contributed by atoms with Gasteiger partial charge in [0.2, 0.25) is 11.8 Å². The second-order valence-electron chi connectivity index (χ2n) is 8.79. The molecule has 0 saturated heterocycles. The fourth-order valence-corrected chi connectivity index (χ4v) is 4.49. The Kier molecular flexibility index (Phi) is 6.14. The summed E-state index contributed by atoms with van der Waals surface area (Å²) in [4.78, 5) is 30.8. The van der Waals surface area contributed by atoms with E-state index in [-0.39, 0.29) is 35.5 Å². The topological polar surface area (TPSA) is 114 Å². The lowest BCUT2D eigenvalue weighted by molar-refractivity contribution is -0.116. The number of fused-ring (bicyclic) bond motifs is 2. The number of hydrogen-bond donors (Lipinski definition) is 2. The van der Waals surface area contributed by atoms with Gasteiger partial charge in [-0.2, -0.15) is 0 Å². The molecule has 190 valence electrons. The van der Waals surface area contributed by atoms with Crippen molar-refractivity contribution < 1.29 is 9.90 Å². The van der Waals surface area contributed by atoms with E-state index in [4.69, 9.17) is 0 Å². The number of amides is 1. The van der Waals surface area contributed by atoms with Gasteiger partial charge in [0.05, 0.1) is 22.1 Å². The van der Waals surface area contributed by atoms with E-state index in [2.05, 4.69) is 20.5 Å². The van der Waals surface area contributed by atoms with Gasteiger partial charge >= 0.3 is 0 Å². The van der Waals surface area contributed by atoms with Gasteiger partial charge in [-0.1, -0.05) is 66.7 Å². The number of azo groups is 1. The van der Waals surface area contributed by atoms with Crippen molar-refractivity contribution in [3.8, 4) is 11.6 Å². The SMILES string of the molecule is O=C(Cn1c(O)c(N=Nc2nc3ccccc3c(=O)n2-c2ccccc2)c2ccccc21)Nc1ccccc1. The van der Waals surface area contributed by atoms with E-state index < -0.39 is 0 Å². The summed E-state index contributed by atoms with van der Waals surface area (Å²) in [6.07, 6.45) is 0. The van der Waals surface area contributed by atoms with Crippen LogP contribution in [-0.2, 0) is 11.3 Å². The highest BCUT2D eigenvalue weighted by Gasteiger charge is 2.19. The van der Waals surface area contributed by atoms with Crippen molar-refractivity contribution in [3.05, 3.63) is 120 Å². The van der Waals surface area contributed by atoms with Gasteiger partial charge in [-0.3, -0.25) is 9.59 Å². The molecule has 2 heterocycles. The fraction of sp³-hybridized carbons (Fsp3) is 0.0333. The number of hydrogen-bond acceptors (Lipinski definition) is 6. The molecule has 6 aromatic rings. The van der Waals surface area contributed by atoms with Crippen LogP contribution in [0.15, 0.2) is 124 Å². The third kappa shape index (κ3) is 4.53. The Bertz CT molecular complexity index is 1910. The van der Waals surface area contributed by atoms with Crippen LogP contribution in [0.4, 0.5) is 17.3 Å². The highest BCUT2D eigenvalue weighted by atomic mass is 16.3. The van der Waals surface area contributed by atoms with E-state index in [1.807, 2.05) is 48.5 Å². The van der Waals surface area contributed by atoms with Crippen molar-refractivity contribution in [2.75, 3.05) is 5.32 Å². The molecule has 0 aliphatic heterocycles. The molecule has 0 aliphatic rings. The van der Waals surface area contributed by atoms with E-state index in [9.17, 15) is 14.7 Å². The predicted octanol–water partition coefficient (Wildman–Crippen LogP) is 6.10. The van der Waals surface area contributed by atoms with Gasteiger partial charge in [0, 0.05) is 11.1 Å². The van der Waals surface area contributed by atoms with E-state index in [1.54, 1.807) is 60.7 Å². The van der Waals surface area contributed by atoms with Crippen LogP contribution < -0.4 is 10.9 Å². The number of para-hydroxylation sites is 4. The molecule has 39 heavy (non-hydrogen) atoms. The van der Waals surface area contributed by atoms with Gasteiger partial charge in [0.1, 0.15) is 6.54 Å². The second kappa shape index (κ2) is 10.1. The minimum atomic E-state index is -0.310. The van der Waals surface area contributed by atoms with E-state index >= 15 is 0 Å². The summed E-state index contributed by atoms with van der Waals surface area (Å²) < 4.78 is 2.86. The van der Waals surface area contributed by atoms with Crippen LogP contribution in [-0.4, -0.2) is 25.1 Å². The van der Waals surface area contributed by atoms with Gasteiger partial charge in [0.25, 0.3) is 11.5 Å². The minimum absolute atomic E-state index is 0.0583. The standard InChI is InChI=1S/C30H22N6O3/c37-26(31-20-11-3-1-4-12-20)19-35-25-18-10-8-16-23(25)27(29(35)39)33-34-30-32-24-17-9-7-15-22(24)28(38)36(30)21-13-5-2-6-14-21/h1-18,39H,19H2,(H,31,37). The summed E-state index contributed by atoms with van der Waals surface area (Å²) >= 11 is 0. The van der Waals surface area contributed by atoms with Crippen LogP contribution in [0.5, 0.6) is 5.88 Å². The van der Waals surface area contributed by atoms with E-state index in [0.29, 0.717) is 33.2 Å². The summed E-state index contributed by atoms with van der Waals surface area (Å²) in [5, 5.41) is 23.7. The Morgan fingerprint density at radius 2 is 1.44 bits per heavy atom. The fourth-order valence-electron chi connectivity index (χ4n) is 4.49. The number of aromatic hydroxyl groups is 1. The highest BCUT2D eigenvalue weighted by Crippen LogP contribution is 2.39. The maximum Gasteiger partial charge on any atom is 0.267 e. The van der Waals surface area contributed by atoms with Gasteiger partial charge in [-0.25, -0.2) is 9.55 Å². The van der Waals surface area contributed by atoms with E-state index in [1.165, 1.54) is 9.13 Å². The van der Waals surface area contributed by atoms with Crippen LogP contribution in [0.3, 0.4) is 0 Å². The normalized spacial score (nSPS) is 11.4. The number of nitrogens with one attached hydrogen (secondary N) is 1. The first-order valence-corrected chi connectivity index (χ1v) is 12.2. The quantitative estimate of drug-likeness (QED) is 0.261. The van der Waals surface area contributed by atoms with Crippen LogP contribution >= 0.6 is 0 Å². The molecular formula is C30H22N6O3. The van der Waals surface area contributed by atoms with Gasteiger partial charge in [-0.15, -0.1) is 10.2 Å². The molecular weight excluding hydrogens is 492 g/mol. The van der Waals surface area contributed by atoms with E-state index in [0.717, 1.165) is 0 Å². The molecule has 0 aliphatic carbocycles. The lowest BCUT2D eigenvalue weighted by Gasteiger charge is -2.09. The molecule has 2 aromatic heterocycles. The summed E-state index contributed by atoms with van der Waals surface area (Å²) in [7, 11) is 0. The average molecular weight is 515 g/mol. The number of carbonyl (C=O) groups is 1. The van der Waals surface area contributed by atoms with Gasteiger partial charge in [-0.05, 0) is 42.5 Å². The molecule has 4 aromatic carbocycles. The Hall–Kier alpha value is -5.57. The molecule has 0 saturated carbocycles. The minimum Gasteiger partial charge on any atom is -0.493 e. The number of benzene rings is 4. The maximum absolute atomic E-state index is 13.4. The lowest BCUT2D eigenvalue weighted by atomic mass is 10.2. The van der Waals surface area contributed by atoms with Crippen LogP contribution in [0.1, 0.15) is 0 Å². The maximum atomic E-state index is 13.4. The first-order valence-electron chi connectivity index (χ1n) is 12.2. The van der Waals surface area contributed by atoms with Crippen LogP contribution in [0.25, 0.3) is 27.5 Å². The van der Waals surface area contributed by atoms with Gasteiger partial charge < -0.3 is 15.0 Å². The van der Waals surface area contributed by atoms with Crippen molar-refractivity contribution >= 4 is 45.0 Å². The molecule has 1 amide bonds. The number of rotatable bonds is 6. The van der Waals surface area contributed by atoms with Crippen molar-refractivity contribution in [1.82, 2.24) is 14.1 Å². The first kappa shape index (κ1) is 23.8. The van der Waals surface area contributed by atoms with Gasteiger partial charge in [0.15, 0.2) is 5.69 Å². The second-order valence-corrected chi connectivity index (χ2v) is 8.79. The van der Waals surface area contributed by atoms with Crippen molar-refractivity contribution in [2.45, 2.75) is 6.54 Å². The Morgan fingerprint density at radius 1 is 0.795 bits per heavy atom. The third-order valence-electron chi connectivity index (χ3n) is 6.29. The largest absolute Gasteiger partial charge is 0.493 e. The average Bonchev–Trinajstić information content (AvgIpc) is 3.23. The molecule has 6 rings (SSSR count). The van der Waals surface area contributed by atoms with Crippen molar-refractivity contribution in [1.29, 1.82) is 0 Å². The van der Waals surface area contributed by atoms with Crippen LogP contribution in [0.2, 0.25) is 0 Å². The highest BCUT2D eigenvalue weighted by molar-refractivity contribution is 5.97. The Balaban J connectivity index is 1.44. The zero-order valence-electron chi connectivity index (χ0n) is 20.6. The summed E-state index contributed by atoms with van der Waals surface area (Å²) in [5.41, 5.74) is 2.20. The third-order valence-corrected chi connectivity index (χ3v) is 6.29. The van der Waals surface area contributed by atoms with Crippen molar-refractivity contribution in [2.24, 2.45) is 10.2 Å². The molecule has 0 bridgehead atoms. The molecule has 0 unspecified atom stereocenters. The predicted molar refractivity (Wildman–Crippen MR) is 150 cm³/mol. The molecule has 0 fully saturated rings. The number of aromatic nitrogens is 3. The zero-order chi connectivity index (χ0) is 26.8. The number of anilines is 1. The molecule has 9 heteroatoms. The first-order chi connectivity index (χ1) is 19.1. The number of nitrogens with zero attached hydrogens (tertiary/aromatic N) is 5. The van der Waals surface area contributed by atoms with Crippen molar-refractivity contribution in [3.63, 3.8) is 0 Å². The Labute approximate surface area is 222 Å². The summed E-state index contributed by atoms with van der Waals surface area (Å²) in [5.74, 6) is -0.477. The zero-order valence-corrected chi connectivity index (χ0v) is 20.6. The molecule has 0 radical (unpaired) electrons. The van der Waals surface area contributed by atoms with Crippen LogP contribution in [0, 0.1) is 0 Å². The summed E-state index contributed by atoms with van der Waals surface area (Å²) in [6.45, 7) is -0.139.